The van der Waals surface area contributed by atoms with Gasteiger partial charge in [0.15, 0.2) is 0 Å². The van der Waals surface area contributed by atoms with E-state index in [0.29, 0.717) is 6.54 Å². The van der Waals surface area contributed by atoms with Gasteiger partial charge < -0.3 is 16.4 Å². The first kappa shape index (κ1) is 13.9. The molecule has 5 N–H and O–H groups in total. The molecule has 0 aliphatic carbocycles. The van der Waals surface area contributed by atoms with Gasteiger partial charge >= 0.3 is 6.03 Å². The number of nitrogens with one attached hydrogen (secondary N) is 1. The van der Waals surface area contributed by atoms with Gasteiger partial charge in [-0.1, -0.05) is 0 Å². The van der Waals surface area contributed by atoms with Gasteiger partial charge in [-0.2, -0.15) is 0 Å². The summed E-state index contributed by atoms with van der Waals surface area (Å²) in [5, 5.41) is 2.07. The minimum Gasteiger partial charge on any atom is -0.351 e. The Morgan fingerprint density at radius 3 is 2.41 bits per heavy atom. The van der Waals surface area contributed by atoms with Crippen LogP contribution in [-0.2, 0) is 4.79 Å². The van der Waals surface area contributed by atoms with Gasteiger partial charge in [0.05, 0.1) is 6.54 Å². The Bertz CT molecular complexity index is 271. The van der Waals surface area contributed by atoms with Crippen molar-refractivity contribution < 1.29 is 9.59 Å². The summed E-state index contributed by atoms with van der Waals surface area (Å²) in [6.45, 7) is 5.34. The first-order valence-corrected chi connectivity index (χ1v) is 5.86. The van der Waals surface area contributed by atoms with E-state index in [1.54, 1.807) is 0 Å². The summed E-state index contributed by atoms with van der Waals surface area (Å²) in [5.41, 5.74) is 10.4. The highest BCUT2D eigenvalue weighted by atomic mass is 16.2. The van der Waals surface area contributed by atoms with Crippen molar-refractivity contribution in [3.05, 3.63) is 0 Å². The second-order valence-corrected chi connectivity index (χ2v) is 4.17. The number of carbonyl (C=O) groups is 2. The van der Waals surface area contributed by atoms with Crippen molar-refractivity contribution in [1.82, 2.24) is 15.1 Å². The first-order valence-electron chi connectivity index (χ1n) is 5.86. The molecule has 1 fully saturated rings. The van der Waals surface area contributed by atoms with Crippen LogP contribution in [0, 0.1) is 0 Å². The van der Waals surface area contributed by atoms with Gasteiger partial charge in [0.1, 0.15) is 0 Å². The number of primary amides is 1. The van der Waals surface area contributed by atoms with Crippen LogP contribution in [-0.4, -0.2) is 67.6 Å². The lowest BCUT2D eigenvalue weighted by molar-refractivity contribution is -0.121. The summed E-state index contributed by atoms with van der Waals surface area (Å²) in [6.07, 6.45) is 1.00. The Hall–Kier alpha value is -1.18. The zero-order chi connectivity index (χ0) is 12.7. The molecule has 0 atom stereocenters. The third-order valence-electron chi connectivity index (χ3n) is 2.76. The topological polar surface area (TPSA) is 105 Å². The van der Waals surface area contributed by atoms with Gasteiger partial charge in [-0.15, -0.1) is 0 Å². The maximum Gasteiger partial charge on any atom is 0.318 e. The van der Waals surface area contributed by atoms with Crippen molar-refractivity contribution >= 4 is 11.9 Å². The molecule has 1 heterocycles. The quantitative estimate of drug-likeness (QED) is 0.537. The van der Waals surface area contributed by atoms with Gasteiger partial charge in [-0.05, 0) is 19.5 Å². The summed E-state index contributed by atoms with van der Waals surface area (Å²) in [6, 6.07) is -0.797. The third kappa shape index (κ3) is 5.62. The fourth-order valence-electron chi connectivity index (χ4n) is 1.97. The van der Waals surface area contributed by atoms with Gasteiger partial charge in [0.25, 0.3) is 0 Å². The Morgan fingerprint density at radius 2 is 1.76 bits per heavy atom. The van der Waals surface area contributed by atoms with E-state index in [0.717, 1.165) is 39.1 Å². The maximum atomic E-state index is 11.4. The number of carbonyl (C=O) groups excluding carboxylic acids is 2. The summed E-state index contributed by atoms with van der Waals surface area (Å²) < 4.78 is 0. The Labute approximate surface area is 101 Å². The largest absolute Gasteiger partial charge is 0.351 e. The van der Waals surface area contributed by atoms with Crippen molar-refractivity contribution in [2.45, 2.75) is 6.42 Å². The van der Waals surface area contributed by atoms with E-state index in [1.807, 2.05) is 4.90 Å². The molecule has 1 aliphatic rings. The second kappa shape index (κ2) is 7.21. The monoisotopic (exact) mass is 243 g/mol. The normalized spacial score (nSPS) is 18.6. The molecular formula is C10H21N5O2. The molecule has 0 aromatic carbocycles. The molecule has 0 saturated carbocycles. The van der Waals surface area contributed by atoms with E-state index in [4.69, 9.17) is 11.5 Å². The van der Waals surface area contributed by atoms with Crippen molar-refractivity contribution in [3.63, 3.8) is 0 Å². The number of imide groups is 1. The lowest BCUT2D eigenvalue weighted by atomic mass is 10.3. The Morgan fingerprint density at radius 1 is 1.12 bits per heavy atom. The molecule has 0 unspecified atom stereocenters. The van der Waals surface area contributed by atoms with Crippen molar-refractivity contribution in [3.8, 4) is 0 Å². The van der Waals surface area contributed by atoms with Crippen LogP contribution < -0.4 is 16.8 Å². The van der Waals surface area contributed by atoms with Crippen LogP contribution in [0.15, 0.2) is 0 Å². The summed E-state index contributed by atoms with van der Waals surface area (Å²) in [4.78, 5) is 26.2. The van der Waals surface area contributed by atoms with Crippen LogP contribution in [0.1, 0.15) is 6.42 Å². The minimum absolute atomic E-state index is 0.222. The number of nitrogens with zero attached hydrogens (tertiary/aromatic N) is 2. The fraction of sp³-hybridized carbons (Fsp3) is 0.800. The molecule has 3 amide bonds. The van der Waals surface area contributed by atoms with Gasteiger partial charge in [0, 0.05) is 26.2 Å². The zero-order valence-electron chi connectivity index (χ0n) is 10.0. The van der Waals surface area contributed by atoms with Crippen molar-refractivity contribution in [2.24, 2.45) is 11.5 Å². The number of amides is 3. The highest BCUT2D eigenvalue weighted by molar-refractivity contribution is 5.94. The summed E-state index contributed by atoms with van der Waals surface area (Å²) in [5.74, 6) is -0.343. The number of rotatable bonds is 4. The number of hydrogen-bond acceptors (Lipinski definition) is 5. The minimum atomic E-state index is -0.797. The number of nitrogens with two attached hydrogens (primary N) is 2. The van der Waals surface area contributed by atoms with E-state index in [1.165, 1.54) is 0 Å². The van der Waals surface area contributed by atoms with Gasteiger partial charge in [0.2, 0.25) is 5.91 Å². The van der Waals surface area contributed by atoms with Crippen LogP contribution in [0.25, 0.3) is 0 Å². The molecule has 0 radical (unpaired) electrons. The van der Waals surface area contributed by atoms with E-state index in [9.17, 15) is 9.59 Å². The molecule has 1 aliphatic heterocycles. The standard InChI is InChI=1S/C10H21N5O2/c11-2-5-14-3-1-4-15(7-6-14)8-9(16)13-10(12)17/h1-8,11H2,(H3,12,13,16,17). The lowest BCUT2D eigenvalue weighted by Crippen LogP contribution is -2.43. The SMILES string of the molecule is NCCN1CCCN(CC(=O)NC(N)=O)CC1. The molecule has 98 valence electrons. The zero-order valence-corrected chi connectivity index (χ0v) is 10.0. The average molecular weight is 243 g/mol. The van der Waals surface area contributed by atoms with E-state index in [2.05, 4.69) is 10.2 Å². The lowest BCUT2D eigenvalue weighted by Gasteiger charge is -2.20. The number of hydrogen-bond donors (Lipinski definition) is 3. The van der Waals surface area contributed by atoms with E-state index < -0.39 is 6.03 Å². The fourth-order valence-corrected chi connectivity index (χ4v) is 1.97. The Balaban J connectivity index is 2.31. The first-order chi connectivity index (χ1) is 8.11. The van der Waals surface area contributed by atoms with Crippen LogP contribution in [0.3, 0.4) is 0 Å². The van der Waals surface area contributed by atoms with Crippen LogP contribution >= 0.6 is 0 Å². The molecular weight excluding hydrogens is 222 g/mol. The second-order valence-electron chi connectivity index (χ2n) is 4.17. The van der Waals surface area contributed by atoms with E-state index >= 15 is 0 Å². The van der Waals surface area contributed by atoms with Crippen LogP contribution in [0.5, 0.6) is 0 Å². The molecule has 1 rings (SSSR count). The molecule has 7 nitrogen and oxygen atoms in total. The summed E-state index contributed by atoms with van der Waals surface area (Å²) >= 11 is 0. The van der Waals surface area contributed by atoms with Gasteiger partial charge in [-0.25, -0.2) is 4.79 Å². The molecule has 7 heteroatoms. The smallest absolute Gasteiger partial charge is 0.318 e. The van der Waals surface area contributed by atoms with Crippen LogP contribution in [0.4, 0.5) is 4.79 Å². The predicted molar refractivity (Wildman–Crippen MR) is 64.3 cm³/mol. The average Bonchev–Trinajstić information content (AvgIpc) is 2.43. The molecule has 1 saturated heterocycles. The third-order valence-corrected chi connectivity index (χ3v) is 2.76. The van der Waals surface area contributed by atoms with Crippen molar-refractivity contribution in [1.29, 1.82) is 0 Å². The number of urea groups is 1. The van der Waals surface area contributed by atoms with Gasteiger partial charge in [-0.3, -0.25) is 15.0 Å². The highest BCUT2D eigenvalue weighted by Gasteiger charge is 2.16. The molecule has 0 aromatic heterocycles. The molecule has 17 heavy (non-hydrogen) atoms. The predicted octanol–water partition coefficient (Wildman–Crippen LogP) is -1.85. The van der Waals surface area contributed by atoms with Crippen molar-refractivity contribution in [2.75, 3.05) is 45.8 Å². The Kier molecular flexibility index (Phi) is 5.88. The molecule has 0 spiro atoms. The van der Waals surface area contributed by atoms with E-state index in [-0.39, 0.29) is 12.5 Å². The molecule has 0 bridgehead atoms. The molecule has 0 aromatic rings. The van der Waals surface area contributed by atoms with Crippen LogP contribution in [0.2, 0.25) is 0 Å². The summed E-state index contributed by atoms with van der Waals surface area (Å²) in [7, 11) is 0. The maximum absolute atomic E-state index is 11.4. The highest BCUT2D eigenvalue weighted by Crippen LogP contribution is 2.01.